The molecular weight excluding hydrogens is 489 g/mol. The van der Waals surface area contributed by atoms with Gasteiger partial charge in [0.15, 0.2) is 0 Å². The Labute approximate surface area is 208 Å². The number of nitrogens with one attached hydrogen (secondary N) is 1. The lowest BCUT2D eigenvalue weighted by Gasteiger charge is -2.39. The molecule has 0 unspecified atom stereocenters. The molecular formula is C24H40ClF3N2O3S. The van der Waals surface area contributed by atoms with Crippen molar-refractivity contribution in [2.24, 2.45) is 11.3 Å². The third-order valence-corrected chi connectivity index (χ3v) is 7.66. The Morgan fingerprint density at radius 1 is 1.18 bits per heavy atom. The highest BCUT2D eigenvalue weighted by molar-refractivity contribution is 7.89. The zero-order valence-electron chi connectivity index (χ0n) is 21.4. The van der Waals surface area contributed by atoms with E-state index in [2.05, 4.69) is 26.1 Å². The molecule has 2 rings (SSSR count). The summed E-state index contributed by atoms with van der Waals surface area (Å²) in [5.74, 6) is 0.439. The molecule has 1 amide bonds. The molecule has 5 nitrogen and oxygen atoms in total. The molecule has 0 saturated carbocycles. The summed E-state index contributed by atoms with van der Waals surface area (Å²) >= 11 is 5.61. The van der Waals surface area contributed by atoms with Gasteiger partial charge in [-0.2, -0.15) is 13.2 Å². The van der Waals surface area contributed by atoms with Crippen LogP contribution < -0.4 is 5.32 Å². The minimum Gasteiger partial charge on any atom is -0.352 e. The van der Waals surface area contributed by atoms with E-state index in [1.807, 2.05) is 13.8 Å². The second-order valence-electron chi connectivity index (χ2n) is 8.76. The van der Waals surface area contributed by atoms with Crippen molar-refractivity contribution in [3.63, 3.8) is 0 Å². The number of halogens is 4. The van der Waals surface area contributed by atoms with Crippen LogP contribution in [0.5, 0.6) is 0 Å². The summed E-state index contributed by atoms with van der Waals surface area (Å²) in [6.45, 7) is 16.0. The third-order valence-electron chi connectivity index (χ3n) is 5.47. The molecule has 1 N–H and O–H groups in total. The van der Waals surface area contributed by atoms with E-state index >= 15 is 0 Å². The fourth-order valence-electron chi connectivity index (χ4n) is 3.81. The number of nitrogens with zero attached hydrogens (tertiary/aromatic N) is 1. The molecule has 0 spiro atoms. The number of alkyl halides is 3. The van der Waals surface area contributed by atoms with E-state index in [1.54, 1.807) is 18.2 Å². The number of hydrogen-bond donors (Lipinski definition) is 1. The van der Waals surface area contributed by atoms with Crippen molar-refractivity contribution in [3.8, 4) is 0 Å². The third kappa shape index (κ3) is 10.5. The van der Waals surface area contributed by atoms with Gasteiger partial charge in [-0.1, -0.05) is 46.2 Å². The summed E-state index contributed by atoms with van der Waals surface area (Å²) < 4.78 is 62.0. The average Bonchev–Trinajstić information content (AvgIpc) is 2.74. The standard InChI is InChI=1S/C12H25NO2S.C10H9ClF3NO.C2H6/c1-5-16(14,15)13-8-6-12(4,7-9-13)10-11(2)3;1-2-15-9(16)7-4-3-6(5-8(7)11)10(12,13)14;1-2/h11H,5-10H2,1-4H3;3-5H,2H2,1H3,(H,15,16);1-2H3. The quantitative estimate of drug-likeness (QED) is 0.451. The lowest BCUT2D eigenvalue weighted by Crippen LogP contribution is -2.43. The number of carbonyl (C=O) groups is 1. The van der Waals surface area contributed by atoms with Gasteiger partial charge in [-0.15, -0.1) is 0 Å². The first-order chi connectivity index (χ1) is 15.6. The van der Waals surface area contributed by atoms with Crippen LogP contribution in [0.1, 0.15) is 83.7 Å². The van der Waals surface area contributed by atoms with Gasteiger partial charge in [0.1, 0.15) is 0 Å². The Kier molecular flexibility index (Phi) is 13.7. The lowest BCUT2D eigenvalue weighted by molar-refractivity contribution is -0.137. The molecule has 0 atom stereocenters. The SMILES string of the molecule is CC.CCNC(=O)c1ccc(C(F)(F)F)cc1Cl.CCS(=O)(=O)N1CCC(C)(CC(C)C)CC1. The monoisotopic (exact) mass is 528 g/mol. The molecule has 0 aromatic heterocycles. The first-order valence-electron chi connectivity index (χ1n) is 11.8. The normalized spacial score (nSPS) is 16.1. The van der Waals surface area contributed by atoms with Crippen molar-refractivity contribution in [3.05, 3.63) is 34.3 Å². The zero-order chi connectivity index (χ0) is 26.7. The number of piperidine rings is 1. The Morgan fingerprint density at radius 2 is 1.71 bits per heavy atom. The van der Waals surface area contributed by atoms with Gasteiger partial charge in [0.2, 0.25) is 10.0 Å². The lowest BCUT2D eigenvalue weighted by atomic mass is 9.75. The maximum Gasteiger partial charge on any atom is 0.416 e. The van der Waals surface area contributed by atoms with Crippen molar-refractivity contribution >= 4 is 27.5 Å². The Morgan fingerprint density at radius 3 is 2.09 bits per heavy atom. The van der Waals surface area contributed by atoms with Crippen molar-refractivity contribution in [2.75, 3.05) is 25.4 Å². The van der Waals surface area contributed by atoms with Crippen LogP contribution in [0.15, 0.2) is 18.2 Å². The van der Waals surface area contributed by atoms with Gasteiger partial charge in [-0.25, -0.2) is 12.7 Å². The van der Waals surface area contributed by atoms with Crippen molar-refractivity contribution < 1.29 is 26.4 Å². The molecule has 1 saturated heterocycles. The zero-order valence-corrected chi connectivity index (χ0v) is 22.9. The van der Waals surface area contributed by atoms with Crippen LogP contribution in [0.2, 0.25) is 5.02 Å². The Balaban J connectivity index is 0.000000597. The van der Waals surface area contributed by atoms with E-state index in [0.29, 0.717) is 31.0 Å². The van der Waals surface area contributed by atoms with Gasteiger partial charge in [0.25, 0.3) is 5.91 Å². The largest absolute Gasteiger partial charge is 0.416 e. The molecule has 1 heterocycles. The molecule has 1 aromatic rings. The van der Waals surface area contributed by atoms with Gasteiger partial charge in [0, 0.05) is 19.6 Å². The maximum absolute atomic E-state index is 12.3. The molecule has 1 aromatic carbocycles. The summed E-state index contributed by atoms with van der Waals surface area (Å²) in [7, 11) is -2.97. The number of rotatable bonds is 6. The first kappa shape index (κ1) is 32.7. The van der Waals surface area contributed by atoms with Crippen molar-refractivity contribution in [1.29, 1.82) is 0 Å². The topological polar surface area (TPSA) is 66.5 Å². The van der Waals surface area contributed by atoms with Gasteiger partial charge in [0.05, 0.1) is 21.9 Å². The van der Waals surface area contributed by atoms with Crippen LogP contribution in [-0.2, 0) is 16.2 Å². The van der Waals surface area contributed by atoms with E-state index in [0.717, 1.165) is 31.0 Å². The second kappa shape index (κ2) is 14.3. The molecule has 198 valence electrons. The Hall–Kier alpha value is -1.32. The predicted molar refractivity (Wildman–Crippen MR) is 134 cm³/mol. The van der Waals surface area contributed by atoms with E-state index < -0.39 is 27.7 Å². The number of amides is 1. The van der Waals surface area contributed by atoms with Crippen LogP contribution in [0.3, 0.4) is 0 Å². The highest BCUT2D eigenvalue weighted by Gasteiger charge is 2.34. The van der Waals surface area contributed by atoms with E-state index in [4.69, 9.17) is 11.6 Å². The highest BCUT2D eigenvalue weighted by atomic mass is 35.5. The smallest absolute Gasteiger partial charge is 0.352 e. The van der Waals surface area contributed by atoms with Crippen molar-refractivity contribution in [1.82, 2.24) is 9.62 Å². The number of benzene rings is 1. The van der Waals surface area contributed by atoms with E-state index in [1.165, 1.54) is 6.42 Å². The van der Waals surface area contributed by atoms with E-state index in [-0.39, 0.29) is 16.3 Å². The van der Waals surface area contributed by atoms with Crippen LogP contribution in [0.4, 0.5) is 13.2 Å². The van der Waals surface area contributed by atoms with Gasteiger partial charge in [-0.3, -0.25) is 4.79 Å². The average molecular weight is 529 g/mol. The van der Waals surface area contributed by atoms with Gasteiger partial charge < -0.3 is 5.32 Å². The molecule has 34 heavy (non-hydrogen) atoms. The fourth-order valence-corrected chi connectivity index (χ4v) is 5.18. The molecule has 0 bridgehead atoms. The maximum atomic E-state index is 12.3. The summed E-state index contributed by atoms with van der Waals surface area (Å²) in [6.07, 6.45) is -1.24. The summed E-state index contributed by atoms with van der Waals surface area (Å²) in [6, 6.07) is 2.64. The van der Waals surface area contributed by atoms with Crippen LogP contribution >= 0.6 is 11.6 Å². The van der Waals surface area contributed by atoms with Crippen molar-refractivity contribution in [2.45, 2.75) is 73.9 Å². The Bertz CT molecular complexity index is 867. The fraction of sp³-hybridized carbons (Fsp3) is 0.708. The van der Waals surface area contributed by atoms with Crippen LogP contribution in [0.25, 0.3) is 0 Å². The minimum atomic E-state index is -4.45. The first-order valence-corrected chi connectivity index (χ1v) is 13.8. The summed E-state index contributed by atoms with van der Waals surface area (Å²) in [5.41, 5.74) is -0.490. The molecule has 1 aliphatic heterocycles. The van der Waals surface area contributed by atoms with Crippen LogP contribution in [0, 0.1) is 11.3 Å². The van der Waals surface area contributed by atoms with Gasteiger partial charge in [-0.05, 0) is 62.6 Å². The van der Waals surface area contributed by atoms with E-state index in [9.17, 15) is 26.4 Å². The minimum absolute atomic E-state index is 0.0384. The molecule has 0 radical (unpaired) electrons. The number of sulfonamides is 1. The predicted octanol–water partition coefficient (Wildman–Crippen LogP) is 6.62. The summed E-state index contributed by atoms with van der Waals surface area (Å²) in [4.78, 5) is 11.3. The number of hydrogen-bond acceptors (Lipinski definition) is 3. The second-order valence-corrected chi connectivity index (χ2v) is 11.4. The molecule has 10 heteroatoms. The van der Waals surface area contributed by atoms with Gasteiger partial charge >= 0.3 is 6.18 Å². The van der Waals surface area contributed by atoms with Crippen LogP contribution in [-0.4, -0.2) is 44.0 Å². The molecule has 1 aliphatic rings. The molecule has 1 fully saturated rings. The highest BCUT2D eigenvalue weighted by Crippen LogP contribution is 2.37. The molecule has 0 aliphatic carbocycles. The number of carbonyl (C=O) groups excluding carboxylic acids is 1. The summed E-state index contributed by atoms with van der Waals surface area (Å²) in [5, 5.41) is 2.25.